The Hall–Kier alpha value is 0.480. The van der Waals surface area contributed by atoms with Gasteiger partial charge in [0.15, 0.2) is 0 Å². The third-order valence-electron chi connectivity index (χ3n) is 12.0. The average molecular weight is 960 g/mol. The molecule has 0 amide bonds. The predicted molar refractivity (Wildman–Crippen MR) is 270 cm³/mol. The van der Waals surface area contributed by atoms with Gasteiger partial charge in [-0.1, -0.05) is 270 Å². The van der Waals surface area contributed by atoms with Crippen LogP contribution in [0.1, 0.15) is 285 Å². The topological polar surface area (TPSA) is 133 Å². The normalized spacial score (nSPS) is 13.0. The van der Waals surface area contributed by atoms with E-state index in [0.29, 0.717) is 0 Å². The molecule has 0 fully saturated rings. The zero-order valence-electron chi connectivity index (χ0n) is 42.0. The molecule has 0 aromatic rings. The van der Waals surface area contributed by atoms with Crippen LogP contribution < -0.4 is 0 Å². The van der Waals surface area contributed by atoms with Crippen molar-refractivity contribution in [3.8, 4) is 0 Å². The summed E-state index contributed by atoms with van der Waals surface area (Å²) in [5.74, 6) is 0.0412. The van der Waals surface area contributed by atoms with Crippen LogP contribution in [0.15, 0.2) is 24.3 Å². The second-order valence-corrected chi connectivity index (χ2v) is 20.3. The number of rotatable bonds is 48. The number of hydrogen-bond acceptors (Lipinski definition) is 8. The molecule has 0 rings (SSSR count). The monoisotopic (exact) mass is 959 g/mol. The Morgan fingerprint density at radius 3 is 0.778 bits per heavy atom. The summed E-state index contributed by atoms with van der Waals surface area (Å²) >= 11 is 0. The Labute approximate surface area is 423 Å². The quantitative estimate of drug-likeness (QED) is 0.0194. The average Bonchev–Trinajstić information content (AvgIpc) is 3.23. The van der Waals surface area contributed by atoms with Gasteiger partial charge in [-0.3, -0.25) is 8.37 Å². The standard InChI is InChI=1S/2C26H52O4S.Ca/c2*1-3-5-7-9-10-11-12-13-14-15-16-17-18-19-20-22-24-26(23-21-8-6-4-2)25-30-31(27,28)29;/h2*22,24,26H,3-21,23,25H2,1-2H3,(H,27,28,29);/q;;+2/p-2/b2*24-22+;. The molecule has 0 radical (unpaired) electrons. The molecule has 372 valence electrons. The Balaban J connectivity index is -0.00000112. The van der Waals surface area contributed by atoms with Crippen molar-refractivity contribution in [3.63, 3.8) is 0 Å². The largest absolute Gasteiger partial charge is 2.00 e. The molecule has 11 heteroatoms. The Morgan fingerprint density at radius 2 is 0.556 bits per heavy atom. The SMILES string of the molecule is CCCCCCCCCCCCCCCC/C=C/C(CCCCCC)COS(=O)(=O)[O-].CCCCCCCCCCCCCCCC/C=C/C(CCCCCC)COS(=O)(=O)[O-].[Ca+2]. The Kier molecular flexibility index (Phi) is 57.5. The number of unbranched alkanes of at least 4 members (excludes halogenated alkanes) is 34. The van der Waals surface area contributed by atoms with Crippen molar-refractivity contribution in [2.24, 2.45) is 11.8 Å². The summed E-state index contributed by atoms with van der Waals surface area (Å²) < 4.78 is 73.4. The first-order chi connectivity index (χ1) is 30.0. The van der Waals surface area contributed by atoms with E-state index in [9.17, 15) is 25.9 Å². The molecular weight excluding hydrogens is 857 g/mol. The molecule has 63 heavy (non-hydrogen) atoms. The van der Waals surface area contributed by atoms with Gasteiger partial charge in [0.2, 0.25) is 20.8 Å². The van der Waals surface area contributed by atoms with E-state index in [-0.39, 0.29) is 62.8 Å². The second kappa shape index (κ2) is 53.4. The molecule has 0 saturated heterocycles. The summed E-state index contributed by atoms with van der Waals surface area (Å²) in [6, 6.07) is 0. The molecule has 0 aliphatic rings. The van der Waals surface area contributed by atoms with Gasteiger partial charge in [-0.15, -0.1) is 0 Å². The van der Waals surface area contributed by atoms with Crippen molar-refractivity contribution in [3.05, 3.63) is 24.3 Å². The minimum Gasteiger partial charge on any atom is -0.726 e. The van der Waals surface area contributed by atoms with E-state index in [4.69, 9.17) is 0 Å². The van der Waals surface area contributed by atoms with Crippen LogP contribution in [0.2, 0.25) is 0 Å². The van der Waals surface area contributed by atoms with Gasteiger partial charge in [0.25, 0.3) is 0 Å². The number of allylic oxidation sites excluding steroid dienone is 2. The fraction of sp³-hybridized carbons (Fsp3) is 0.923. The molecule has 0 saturated carbocycles. The van der Waals surface area contributed by atoms with Crippen LogP contribution in [0.5, 0.6) is 0 Å². The Bertz CT molecular complexity index is 1070. The zero-order valence-corrected chi connectivity index (χ0v) is 45.8. The predicted octanol–water partition coefficient (Wildman–Crippen LogP) is 16.6. The molecule has 0 aromatic carbocycles. The first-order valence-electron chi connectivity index (χ1n) is 26.5. The summed E-state index contributed by atoms with van der Waals surface area (Å²) in [5.41, 5.74) is 0. The van der Waals surface area contributed by atoms with E-state index in [1.807, 2.05) is 0 Å². The van der Waals surface area contributed by atoms with Crippen LogP contribution in [0.4, 0.5) is 0 Å². The van der Waals surface area contributed by atoms with Gasteiger partial charge in [-0.2, -0.15) is 0 Å². The molecule has 0 spiro atoms. The molecule has 8 nitrogen and oxygen atoms in total. The maximum atomic E-state index is 10.7. The van der Waals surface area contributed by atoms with E-state index < -0.39 is 20.8 Å². The smallest absolute Gasteiger partial charge is 0.726 e. The van der Waals surface area contributed by atoms with Crippen LogP contribution in [0.3, 0.4) is 0 Å². The van der Waals surface area contributed by atoms with Gasteiger partial charge in [0.1, 0.15) is 0 Å². The van der Waals surface area contributed by atoms with Crippen molar-refractivity contribution in [1.29, 1.82) is 0 Å². The van der Waals surface area contributed by atoms with Gasteiger partial charge in [-0.05, 0) is 38.5 Å². The zero-order chi connectivity index (χ0) is 46.1. The van der Waals surface area contributed by atoms with Crippen molar-refractivity contribution >= 4 is 58.5 Å². The van der Waals surface area contributed by atoms with Crippen LogP contribution in [0.25, 0.3) is 0 Å². The van der Waals surface area contributed by atoms with E-state index in [0.717, 1.165) is 51.4 Å². The third kappa shape index (κ3) is 62.5. The molecule has 2 atom stereocenters. The molecular formula is C52H102CaO8S2. The Morgan fingerprint density at radius 1 is 0.349 bits per heavy atom. The molecule has 0 bridgehead atoms. The van der Waals surface area contributed by atoms with Crippen molar-refractivity contribution in [1.82, 2.24) is 0 Å². The molecule has 0 aromatic heterocycles. The van der Waals surface area contributed by atoms with Crippen LogP contribution >= 0.6 is 0 Å². The maximum Gasteiger partial charge on any atom is 2.00 e. The van der Waals surface area contributed by atoms with Crippen LogP contribution in [0, 0.1) is 11.8 Å². The molecule has 2 unspecified atom stereocenters. The van der Waals surface area contributed by atoms with Gasteiger partial charge < -0.3 is 9.11 Å². The maximum absolute atomic E-state index is 10.7. The minimum atomic E-state index is -4.60. The first-order valence-corrected chi connectivity index (χ1v) is 29.2. The summed E-state index contributed by atoms with van der Waals surface area (Å²) in [5, 5.41) is 0. The third-order valence-corrected chi connectivity index (χ3v) is 12.8. The van der Waals surface area contributed by atoms with Gasteiger partial charge in [0, 0.05) is 11.8 Å². The minimum absolute atomic E-state index is 0. The molecule has 0 aliphatic carbocycles. The summed E-state index contributed by atoms with van der Waals surface area (Å²) in [7, 11) is -9.20. The van der Waals surface area contributed by atoms with E-state index >= 15 is 0 Å². The van der Waals surface area contributed by atoms with E-state index in [2.05, 4.69) is 60.4 Å². The van der Waals surface area contributed by atoms with Gasteiger partial charge >= 0.3 is 37.7 Å². The van der Waals surface area contributed by atoms with Crippen molar-refractivity contribution in [2.45, 2.75) is 285 Å². The van der Waals surface area contributed by atoms with Crippen molar-refractivity contribution < 1.29 is 34.3 Å². The summed E-state index contributed by atoms with van der Waals surface area (Å²) in [4.78, 5) is 0. The van der Waals surface area contributed by atoms with Gasteiger partial charge in [-0.25, -0.2) is 16.8 Å². The van der Waals surface area contributed by atoms with E-state index in [1.165, 1.54) is 205 Å². The molecule has 0 aliphatic heterocycles. The molecule has 0 heterocycles. The van der Waals surface area contributed by atoms with Crippen LogP contribution in [-0.4, -0.2) is 76.9 Å². The first kappa shape index (κ1) is 67.7. The van der Waals surface area contributed by atoms with Crippen molar-refractivity contribution in [2.75, 3.05) is 13.2 Å². The summed E-state index contributed by atoms with van der Waals surface area (Å²) in [6.45, 7) is 8.84. The fourth-order valence-corrected chi connectivity index (χ4v) is 8.65. The number of hydrogen-bond donors (Lipinski definition) is 0. The van der Waals surface area contributed by atoms with Gasteiger partial charge in [0.05, 0.1) is 13.2 Å². The molecule has 0 N–H and O–H groups in total. The second-order valence-electron chi connectivity index (χ2n) is 18.2. The van der Waals surface area contributed by atoms with E-state index in [1.54, 1.807) is 0 Å². The summed E-state index contributed by atoms with van der Waals surface area (Å²) in [6.07, 6.45) is 59.4. The van der Waals surface area contributed by atoms with Crippen LogP contribution in [-0.2, 0) is 29.2 Å². The fourth-order valence-electron chi connectivity index (χ4n) is 7.97.